The van der Waals surface area contributed by atoms with Gasteiger partial charge in [-0.15, -0.1) is 0 Å². The molecule has 8 heteroatoms. The van der Waals surface area contributed by atoms with Crippen LogP contribution in [0.4, 0.5) is 13.2 Å². The van der Waals surface area contributed by atoms with Crippen LogP contribution in [0.25, 0.3) is 0 Å². The van der Waals surface area contributed by atoms with Gasteiger partial charge in [0.1, 0.15) is 5.82 Å². The zero-order valence-corrected chi connectivity index (χ0v) is 16.7. The third-order valence-electron chi connectivity index (χ3n) is 5.56. The van der Waals surface area contributed by atoms with Crippen LogP contribution in [0.3, 0.4) is 0 Å². The van der Waals surface area contributed by atoms with Crippen molar-refractivity contribution < 1.29 is 26.4 Å². The Morgan fingerprint density at radius 1 is 1.21 bits per heavy atom. The molecule has 4 nitrogen and oxygen atoms in total. The number of benzene rings is 1. The minimum Gasteiger partial charge on any atom is -0.298 e. The van der Waals surface area contributed by atoms with Crippen LogP contribution in [0.2, 0.25) is 0 Å². The van der Waals surface area contributed by atoms with Gasteiger partial charge >= 0.3 is 0 Å². The lowest BCUT2D eigenvalue weighted by Gasteiger charge is -2.26. The maximum Gasteiger partial charge on any atom is 0.257 e. The molecule has 156 valence electrons. The number of carbonyl (C=O) groups is 1. The maximum absolute atomic E-state index is 13.7. The highest BCUT2D eigenvalue weighted by atomic mass is 32.2. The van der Waals surface area contributed by atoms with Crippen LogP contribution >= 0.6 is 0 Å². The van der Waals surface area contributed by atoms with Gasteiger partial charge in [-0.05, 0) is 54.7 Å². The van der Waals surface area contributed by atoms with Gasteiger partial charge in [0.25, 0.3) is 6.43 Å². The van der Waals surface area contributed by atoms with Crippen molar-refractivity contribution in [3.8, 4) is 0 Å². The molecule has 0 radical (unpaired) electrons. The Labute approximate surface area is 163 Å². The van der Waals surface area contributed by atoms with Gasteiger partial charge in [0.15, 0.2) is 15.6 Å². The first-order valence-electron chi connectivity index (χ1n) is 9.60. The molecule has 3 rings (SSSR count). The topological polar surface area (TPSA) is 63.2 Å². The van der Waals surface area contributed by atoms with Crippen molar-refractivity contribution in [2.24, 2.45) is 11.3 Å². The molecule has 0 bridgehead atoms. The molecule has 2 atom stereocenters. The number of alkyl halides is 2. The van der Waals surface area contributed by atoms with Crippen molar-refractivity contribution in [1.82, 2.24) is 5.32 Å². The summed E-state index contributed by atoms with van der Waals surface area (Å²) in [5.74, 6) is -1.29. The van der Waals surface area contributed by atoms with Crippen molar-refractivity contribution >= 4 is 15.6 Å². The molecule has 2 aliphatic carbocycles. The van der Waals surface area contributed by atoms with Crippen LogP contribution in [0, 0.1) is 17.2 Å². The summed E-state index contributed by atoms with van der Waals surface area (Å²) >= 11 is 0. The molecule has 2 saturated carbocycles. The van der Waals surface area contributed by atoms with E-state index in [-0.39, 0.29) is 34.9 Å². The molecular weight excluding hydrogens is 391 g/mol. The second-order valence-electron chi connectivity index (χ2n) is 8.56. The highest BCUT2D eigenvalue weighted by molar-refractivity contribution is 7.91. The Bertz CT molecular complexity index is 802. The van der Waals surface area contributed by atoms with Crippen molar-refractivity contribution in [3.05, 3.63) is 35.6 Å². The molecule has 1 aromatic rings. The summed E-state index contributed by atoms with van der Waals surface area (Å²) in [6, 6.07) is 1.84. The Morgan fingerprint density at radius 2 is 1.82 bits per heavy atom. The Hall–Kier alpha value is -1.41. The SMILES string of the molecule is CC1(CC(=O)[C@H](CS(=O)(=O)CC2CC2)N[C@@H](c2ccc(F)cc2)C(F)F)CC1. The van der Waals surface area contributed by atoms with E-state index in [0.29, 0.717) is 0 Å². The van der Waals surface area contributed by atoms with Gasteiger partial charge < -0.3 is 0 Å². The highest BCUT2D eigenvalue weighted by Gasteiger charge is 2.42. The summed E-state index contributed by atoms with van der Waals surface area (Å²) in [5, 5.41) is 2.59. The van der Waals surface area contributed by atoms with E-state index in [0.717, 1.165) is 37.8 Å². The number of ketones is 1. The van der Waals surface area contributed by atoms with Crippen LogP contribution in [0.1, 0.15) is 50.6 Å². The lowest BCUT2D eigenvalue weighted by atomic mass is 9.97. The van der Waals surface area contributed by atoms with Crippen molar-refractivity contribution in [2.75, 3.05) is 11.5 Å². The third kappa shape index (κ3) is 6.04. The number of sulfone groups is 1. The molecule has 0 saturated heterocycles. The minimum atomic E-state index is -3.55. The van der Waals surface area contributed by atoms with E-state index in [1.54, 1.807) is 0 Å². The molecule has 0 amide bonds. The summed E-state index contributed by atoms with van der Waals surface area (Å²) in [6.45, 7) is 1.94. The largest absolute Gasteiger partial charge is 0.298 e. The number of halogens is 3. The van der Waals surface area contributed by atoms with Crippen molar-refractivity contribution in [3.63, 3.8) is 0 Å². The molecule has 2 fully saturated rings. The van der Waals surface area contributed by atoms with Crippen LogP contribution in [-0.2, 0) is 14.6 Å². The van der Waals surface area contributed by atoms with Gasteiger partial charge in [0.2, 0.25) is 0 Å². The highest BCUT2D eigenvalue weighted by Crippen LogP contribution is 2.48. The van der Waals surface area contributed by atoms with Crippen LogP contribution < -0.4 is 5.32 Å². The van der Waals surface area contributed by atoms with E-state index in [1.807, 2.05) is 6.92 Å². The van der Waals surface area contributed by atoms with Gasteiger partial charge in [-0.1, -0.05) is 19.1 Å². The first-order valence-corrected chi connectivity index (χ1v) is 11.4. The third-order valence-corrected chi connectivity index (χ3v) is 7.38. The Kier molecular flexibility index (Phi) is 6.20. The number of Topliss-reactive ketones (excluding diaryl/α,β-unsaturated/α-hetero) is 1. The molecular formula is C20H26F3NO3S. The van der Waals surface area contributed by atoms with Crippen LogP contribution in [-0.4, -0.2) is 38.2 Å². The molecule has 1 aromatic carbocycles. The summed E-state index contributed by atoms with van der Waals surface area (Å²) in [4.78, 5) is 12.8. The monoisotopic (exact) mass is 417 g/mol. The van der Waals surface area contributed by atoms with Gasteiger partial charge in [-0.25, -0.2) is 21.6 Å². The van der Waals surface area contributed by atoms with Gasteiger partial charge in [-0.3, -0.25) is 10.1 Å². The summed E-state index contributed by atoms with van der Waals surface area (Å²) in [7, 11) is -3.55. The normalized spacial score (nSPS) is 20.8. The minimum absolute atomic E-state index is 0.00831. The zero-order valence-electron chi connectivity index (χ0n) is 15.8. The number of nitrogens with one attached hydrogen (secondary N) is 1. The van der Waals surface area contributed by atoms with Gasteiger partial charge in [0.05, 0.1) is 23.6 Å². The fraction of sp³-hybridized carbons (Fsp3) is 0.650. The molecule has 1 N–H and O–H groups in total. The van der Waals surface area contributed by atoms with E-state index in [4.69, 9.17) is 0 Å². The molecule has 0 unspecified atom stereocenters. The van der Waals surface area contributed by atoms with E-state index < -0.39 is 39.9 Å². The summed E-state index contributed by atoms with van der Waals surface area (Å²) in [5.41, 5.74) is -0.0422. The molecule has 0 spiro atoms. The molecule has 0 aliphatic heterocycles. The molecule has 0 aromatic heterocycles. The number of hydrogen-bond acceptors (Lipinski definition) is 4. The van der Waals surface area contributed by atoms with E-state index in [2.05, 4.69) is 5.32 Å². The molecule has 28 heavy (non-hydrogen) atoms. The Morgan fingerprint density at radius 3 is 2.32 bits per heavy atom. The smallest absolute Gasteiger partial charge is 0.257 e. The van der Waals surface area contributed by atoms with Gasteiger partial charge in [0, 0.05) is 6.42 Å². The lowest BCUT2D eigenvalue weighted by molar-refractivity contribution is -0.122. The van der Waals surface area contributed by atoms with Crippen LogP contribution in [0.5, 0.6) is 0 Å². The summed E-state index contributed by atoms with van der Waals surface area (Å²) < 4.78 is 65.5. The van der Waals surface area contributed by atoms with Crippen molar-refractivity contribution in [1.29, 1.82) is 0 Å². The lowest BCUT2D eigenvalue weighted by Crippen LogP contribution is -2.47. The number of hydrogen-bond donors (Lipinski definition) is 1. The molecule has 2 aliphatic rings. The Balaban J connectivity index is 1.78. The fourth-order valence-corrected chi connectivity index (χ4v) is 5.31. The van der Waals surface area contributed by atoms with Gasteiger partial charge in [-0.2, -0.15) is 0 Å². The second-order valence-corrected chi connectivity index (χ2v) is 10.7. The molecule has 0 heterocycles. The predicted molar refractivity (Wildman–Crippen MR) is 100 cm³/mol. The average Bonchev–Trinajstić information content (AvgIpc) is 3.52. The zero-order chi connectivity index (χ0) is 20.5. The maximum atomic E-state index is 13.7. The first-order chi connectivity index (χ1) is 13.1. The predicted octanol–water partition coefficient (Wildman–Crippen LogP) is 3.67. The number of carbonyl (C=O) groups excluding carboxylic acids is 1. The quantitative estimate of drug-likeness (QED) is 0.597. The standard InChI is InChI=1S/C20H26F3NO3S/c1-20(8-9-20)10-17(25)16(12-28(26,27)11-13-2-3-13)24-18(19(22)23)14-4-6-15(21)7-5-14/h4-7,13,16,18-19,24H,2-3,8-12H2,1H3/t16-,18-/m0/s1. The second kappa shape index (κ2) is 8.14. The first kappa shape index (κ1) is 21.3. The fourth-order valence-electron chi connectivity index (χ4n) is 3.33. The summed E-state index contributed by atoms with van der Waals surface area (Å²) in [6.07, 6.45) is 0.733. The van der Waals surface area contributed by atoms with E-state index in [9.17, 15) is 26.4 Å². The van der Waals surface area contributed by atoms with Crippen molar-refractivity contribution in [2.45, 2.75) is 57.5 Å². The van der Waals surface area contributed by atoms with E-state index in [1.165, 1.54) is 12.1 Å². The number of rotatable bonds is 11. The average molecular weight is 417 g/mol. The van der Waals surface area contributed by atoms with Crippen LogP contribution in [0.15, 0.2) is 24.3 Å². The van der Waals surface area contributed by atoms with E-state index >= 15 is 0 Å².